The summed E-state index contributed by atoms with van der Waals surface area (Å²) in [5.41, 5.74) is 1.40. The van der Waals surface area contributed by atoms with Gasteiger partial charge in [0.2, 0.25) is 0 Å². The van der Waals surface area contributed by atoms with E-state index in [1.54, 1.807) is 13.0 Å². The molecule has 1 aromatic carbocycles. The van der Waals surface area contributed by atoms with Crippen molar-refractivity contribution in [3.05, 3.63) is 27.7 Å². The fraction of sp³-hybridized carbons (Fsp3) is 0.400. The first-order valence-corrected chi connectivity index (χ1v) is 6.75. The van der Waals surface area contributed by atoms with Crippen molar-refractivity contribution in [3.63, 3.8) is 0 Å². The number of benzene rings is 1. The van der Waals surface area contributed by atoms with Gasteiger partial charge >= 0.3 is 0 Å². The maximum Gasteiger partial charge on any atom is 0.295 e. The molecule has 1 rings (SSSR count). The predicted octanol–water partition coefficient (Wildman–Crippen LogP) is 3.13. The molecule has 0 aromatic heterocycles. The van der Waals surface area contributed by atoms with Crippen molar-refractivity contribution in [1.29, 1.82) is 0 Å². The largest absolute Gasteiger partial charge is 0.295 e. The maximum absolute atomic E-state index is 11.3. The fourth-order valence-corrected chi connectivity index (χ4v) is 3.35. The lowest BCUT2D eigenvalue weighted by molar-refractivity contribution is 0.480. The standard InChI is InChI=1S/C10H13BrO3S/c1-6(2)8-5-4-7(3)9(11)10(8)15(12,13)14/h4-6H,1-3H3,(H,12,13,14). The monoisotopic (exact) mass is 292 g/mol. The van der Waals surface area contributed by atoms with Gasteiger partial charge in [-0.2, -0.15) is 8.42 Å². The molecule has 0 fully saturated rings. The van der Waals surface area contributed by atoms with Crippen molar-refractivity contribution in [2.45, 2.75) is 31.6 Å². The summed E-state index contributed by atoms with van der Waals surface area (Å²) in [6, 6.07) is 3.56. The van der Waals surface area contributed by atoms with E-state index in [1.165, 1.54) is 0 Å². The van der Waals surface area contributed by atoms with Gasteiger partial charge in [0, 0.05) is 4.47 Å². The second-order valence-electron chi connectivity index (χ2n) is 3.74. The lowest BCUT2D eigenvalue weighted by Gasteiger charge is -2.13. The van der Waals surface area contributed by atoms with Gasteiger partial charge in [-0.05, 0) is 39.9 Å². The summed E-state index contributed by atoms with van der Waals surface area (Å²) in [6.07, 6.45) is 0. The van der Waals surface area contributed by atoms with E-state index in [0.717, 1.165) is 5.56 Å². The Morgan fingerprint density at radius 3 is 2.27 bits per heavy atom. The van der Waals surface area contributed by atoms with Gasteiger partial charge in [0.15, 0.2) is 0 Å². The second kappa shape index (κ2) is 4.23. The minimum absolute atomic E-state index is 0.0162. The highest BCUT2D eigenvalue weighted by Crippen LogP contribution is 2.32. The molecule has 1 aromatic rings. The molecule has 0 aliphatic heterocycles. The Kier molecular flexibility index (Phi) is 3.58. The van der Waals surface area contributed by atoms with E-state index in [2.05, 4.69) is 15.9 Å². The molecule has 0 unspecified atom stereocenters. The summed E-state index contributed by atoms with van der Waals surface area (Å²) >= 11 is 3.20. The van der Waals surface area contributed by atoms with Crippen LogP contribution in [0.25, 0.3) is 0 Å². The van der Waals surface area contributed by atoms with E-state index >= 15 is 0 Å². The van der Waals surface area contributed by atoms with Crippen LogP contribution in [0.3, 0.4) is 0 Å². The van der Waals surface area contributed by atoms with Crippen molar-refractivity contribution in [3.8, 4) is 0 Å². The van der Waals surface area contributed by atoms with E-state index in [1.807, 2.05) is 19.9 Å². The molecule has 15 heavy (non-hydrogen) atoms. The van der Waals surface area contributed by atoms with Gasteiger partial charge in [-0.25, -0.2) is 0 Å². The Morgan fingerprint density at radius 2 is 1.87 bits per heavy atom. The molecule has 0 heterocycles. The normalized spacial score (nSPS) is 12.1. The summed E-state index contributed by atoms with van der Waals surface area (Å²) < 4.78 is 32.1. The number of rotatable bonds is 2. The molecule has 1 N–H and O–H groups in total. The quantitative estimate of drug-likeness (QED) is 0.852. The van der Waals surface area contributed by atoms with Crippen molar-refractivity contribution in [2.24, 2.45) is 0 Å². The SMILES string of the molecule is Cc1ccc(C(C)C)c(S(=O)(=O)O)c1Br. The molecule has 0 spiro atoms. The van der Waals surface area contributed by atoms with Crippen LogP contribution in [0.4, 0.5) is 0 Å². The molecule has 3 nitrogen and oxygen atoms in total. The molecule has 0 saturated heterocycles. The molecule has 0 saturated carbocycles. The smallest absolute Gasteiger partial charge is 0.282 e. The molecule has 0 aliphatic carbocycles. The van der Waals surface area contributed by atoms with E-state index < -0.39 is 10.1 Å². The first-order valence-electron chi connectivity index (χ1n) is 4.51. The van der Waals surface area contributed by atoms with Crippen LogP contribution < -0.4 is 0 Å². The third kappa shape index (κ3) is 2.59. The molecule has 0 aliphatic rings. The minimum atomic E-state index is -4.18. The van der Waals surface area contributed by atoms with Crippen molar-refractivity contribution in [1.82, 2.24) is 0 Å². The molecule has 0 radical (unpaired) electrons. The molecule has 5 heteroatoms. The van der Waals surface area contributed by atoms with E-state index in [0.29, 0.717) is 10.0 Å². The van der Waals surface area contributed by atoms with Gasteiger partial charge in [-0.15, -0.1) is 0 Å². The van der Waals surface area contributed by atoms with Crippen LogP contribution in [0.2, 0.25) is 0 Å². The van der Waals surface area contributed by atoms with Gasteiger partial charge in [0.05, 0.1) is 0 Å². The van der Waals surface area contributed by atoms with Gasteiger partial charge < -0.3 is 0 Å². The summed E-state index contributed by atoms with van der Waals surface area (Å²) in [4.78, 5) is -0.0162. The molecular formula is C10H13BrO3S. The Hall–Kier alpha value is -0.390. The average molecular weight is 293 g/mol. The molecular weight excluding hydrogens is 280 g/mol. The summed E-state index contributed by atoms with van der Waals surface area (Å²) in [6.45, 7) is 5.54. The number of aryl methyl sites for hydroxylation is 1. The Bertz CT molecular complexity index is 478. The first kappa shape index (κ1) is 12.7. The van der Waals surface area contributed by atoms with Crippen LogP contribution in [-0.2, 0) is 10.1 Å². The van der Waals surface area contributed by atoms with E-state index in [-0.39, 0.29) is 10.8 Å². The van der Waals surface area contributed by atoms with Gasteiger partial charge in [0.25, 0.3) is 10.1 Å². The maximum atomic E-state index is 11.3. The number of halogens is 1. The van der Waals surface area contributed by atoms with Crippen LogP contribution in [0.5, 0.6) is 0 Å². The summed E-state index contributed by atoms with van der Waals surface area (Å²) in [5, 5.41) is 0. The Balaban J connectivity index is 3.65. The van der Waals surface area contributed by atoms with Crippen molar-refractivity contribution in [2.75, 3.05) is 0 Å². The molecule has 0 atom stereocenters. The van der Waals surface area contributed by atoms with Crippen LogP contribution >= 0.6 is 15.9 Å². The van der Waals surface area contributed by atoms with E-state index in [4.69, 9.17) is 4.55 Å². The third-order valence-corrected chi connectivity index (χ3v) is 4.44. The Morgan fingerprint density at radius 1 is 1.33 bits per heavy atom. The summed E-state index contributed by atoms with van der Waals surface area (Å²) in [7, 11) is -4.18. The lowest BCUT2D eigenvalue weighted by atomic mass is 10.0. The van der Waals surface area contributed by atoms with Gasteiger partial charge in [-0.1, -0.05) is 26.0 Å². The predicted molar refractivity (Wildman–Crippen MR) is 62.8 cm³/mol. The van der Waals surface area contributed by atoms with Crippen molar-refractivity contribution >= 4 is 26.0 Å². The van der Waals surface area contributed by atoms with E-state index in [9.17, 15) is 8.42 Å². The highest BCUT2D eigenvalue weighted by atomic mass is 79.9. The minimum Gasteiger partial charge on any atom is -0.282 e. The second-order valence-corrected chi connectivity index (χ2v) is 5.90. The Labute approximate surface area is 98.4 Å². The zero-order chi connectivity index (χ0) is 11.8. The van der Waals surface area contributed by atoms with Crippen LogP contribution in [-0.4, -0.2) is 13.0 Å². The first-order chi connectivity index (χ1) is 6.75. The van der Waals surface area contributed by atoms with Crippen LogP contribution in [0, 0.1) is 6.92 Å². The molecule has 0 amide bonds. The molecule has 0 bridgehead atoms. The highest BCUT2D eigenvalue weighted by molar-refractivity contribution is 9.10. The third-order valence-electron chi connectivity index (χ3n) is 2.20. The highest BCUT2D eigenvalue weighted by Gasteiger charge is 2.22. The number of hydrogen-bond donors (Lipinski definition) is 1. The van der Waals surface area contributed by atoms with Gasteiger partial charge in [-0.3, -0.25) is 4.55 Å². The van der Waals surface area contributed by atoms with Gasteiger partial charge in [0.1, 0.15) is 4.90 Å². The topological polar surface area (TPSA) is 54.4 Å². The van der Waals surface area contributed by atoms with Crippen molar-refractivity contribution < 1.29 is 13.0 Å². The van der Waals surface area contributed by atoms with Crippen LogP contribution in [0.1, 0.15) is 30.9 Å². The molecule has 84 valence electrons. The fourth-order valence-electron chi connectivity index (χ4n) is 1.39. The zero-order valence-electron chi connectivity index (χ0n) is 8.78. The number of hydrogen-bond acceptors (Lipinski definition) is 2. The zero-order valence-corrected chi connectivity index (χ0v) is 11.2. The van der Waals surface area contributed by atoms with Crippen LogP contribution in [0.15, 0.2) is 21.5 Å². The lowest BCUT2D eigenvalue weighted by Crippen LogP contribution is -2.06. The summed E-state index contributed by atoms with van der Waals surface area (Å²) in [5.74, 6) is 0.0406. The average Bonchev–Trinajstić information content (AvgIpc) is 2.06.